The summed E-state index contributed by atoms with van der Waals surface area (Å²) in [6.45, 7) is 0.529. The van der Waals surface area contributed by atoms with Gasteiger partial charge in [-0.1, -0.05) is 36.6 Å². The highest BCUT2D eigenvalue weighted by Crippen LogP contribution is 2.49. The van der Waals surface area contributed by atoms with Crippen LogP contribution in [0, 0.1) is 0 Å². The van der Waals surface area contributed by atoms with E-state index in [2.05, 4.69) is 10.4 Å². The molecule has 1 fully saturated rings. The predicted molar refractivity (Wildman–Crippen MR) is 116 cm³/mol. The summed E-state index contributed by atoms with van der Waals surface area (Å²) in [5, 5.41) is 13.7. The molecule has 2 aliphatic carbocycles. The Morgan fingerprint density at radius 2 is 1.83 bits per heavy atom. The minimum absolute atomic E-state index is 0.108. The molecule has 3 N–H and O–H groups in total. The lowest BCUT2D eigenvalue weighted by atomic mass is 9.71. The minimum Gasteiger partial charge on any atom is -0.366 e. The molecule has 2 aliphatic rings. The summed E-state index contributed by atoms with van der Waals surface area (Å²) in [5.74, 6) is 0.934. The summed E-state index contributed by atoms with van der Waals surface area (Å²) < 4.78 is 24.8. The van der Waals surface area contributed by atoms with E-state index >= 15 is 0 Å². The fourth-order valence-electron chi connectivity index (χ4n) is 5.10. The molecule has 0 atom stereocenters. The Hall–Kier alpha value is -2.16. The standard InChI is InChI=1S/C21H24ClN5O2S/c22-17-13-25-27-19(24-12-14-5-7-15(8-6-14)30(23,28)29)16-4-3-11-21(9-1-2-10-21)18(16)26-20(17)27/h5-8,13,24H,1-4,9-12H2,(H2,23,28,29). The van der Waals surface area contributed by atoms with E-state index in [0.29, 0.717) is 17.2 Å². The van der Waals surface area contributed by atoms with Crippen molar-refractivity contribution in [3.63, 3.8) is 0 Å². The number of nitrogens with two attached hydrogens (primary N) is 1. The first-order valence-electron chi connectivity index (χ1n) is 10.3. The maximum Gasteiger partial charge on any atom is 0.238 e. The normalized spacial score (nSPS) is 18.1. The highest BCUT2D eigenvalue weighted by molar-refractivity contribution is 7.89. The second-order valence-electron chi connectivity index (χ2n) is 8.40. The molecule has 7 nitrogen and oxygen atoms in total. The van der Waals surface area contributed by atoms with E-state index in [1.54, 1.807) is 22.8 Å². The molecule has 1 saturated carbocycles. The van der Waals surface area contributed by atoms with Crippen LogP contribution in [-0.2, 0) is 28.4 Å². The van der Waals surface area contributed by atoms with Gasteiger partial charge in [-0.3, -0.25) is 0 Å². The maximum absolute atomic E-state index is 11.5. The highest BCUT2D eigenvalue weighted by atomic mass is 35.5. The van der Waals surface area contributed by atoms with Gasteiger partial charge in [-0.15, -0.1) is 0 Å². The molecular formula is C21H24ClN5O2S. The molecule has 0 unspecified atom stereocenters. The van der Waals surface area contributed by atoms with Gasteiger partial charge in [0.05, 0.1) is 16.8 Å². The summed E-state index contributed by atoms with van der Waals surface area (Å²) >= 11 is 6.42. The van der Waals surface area contributed by atoms with Gasteiger partial charge in [0, 0.05) is 17.5 Å². The zero-order chi connectivity index (χ0) is 20.9. The van der Waals surface area contributed by atoms with E-state index in [1.165, 1.54) is 55.5 Å². The summed E-state index contributed by atoms with van der Waals surface area (Å²) in [4.78, 5) is 5.12. The van der Waals surface area contributed by atoms with Crippen LogP contribution in [-0.4, -0.2) is 23.0 Å². The number of hydrogen-bond acceptors (Lipinski definition) is 5. The Morgan fingerprint density at radius 3 is 2.53 bits per heavy atom. The van der Waals surface area contributed by atoms with E-state index in [-0.39, 0.29) is 10.3 Å². The minimum atomic E-state index is -3.70. The van der Waals surface area contributed by atoms with Crippen molar-refractivity contribution in [3.05, 3.63) is 52.3 Å². The van der Waals surface area contributed by atoms with E-state index < -0.39 is 10.0 Å². The Bertz CT molecular complexity index is 1210. The smallest absolute Gasteiger partial charge is 0.238 e. The van der Waals surface area contributed by atoms with E-state index in [9.17, 15) is 8.42 Å². The molecule has 3 aromatic rings. The largest absolute Gasteiger partial charge is 0.366 e. The van der Waals surface area contributed by atoms with Crippen molar-refractivity contribution >= 4 is 33.1 Å². The first-order valence-corrected chi connectivity index (χ1v) is 12.2. The van der Waals surface area contributed by atoms with E-state index in [0.717, 1.165) is 24.2 Å². The number of nitrogens with one attached hydrogen (secondary N) is 1. The lowest BCUT2D eigenvalue weighted by Gasteiger charge is -2.35. The first-order chi connectivity index (χ1) is 14.4. The average molecular weight is 446 g/mol. The SMILES string of the molecule is NS(=O)(=O)c1ccc(CNc2c3c(nc4c(Cl)cnn24)C2(CCCC2)CCC3)cc1. The van der Waals surface area contributed by atoms with Gasteiger partial charge in [-0.25, -0.2) is 18.5 Å². The summed E-state index contributed by atoms with van der Waals surface area (Å²) in [5.41, 5.74) is 4.22. The van der Waals surface area contributed by atoms with Crippen molar-refractivity contribution in [2.24, 2.45) is 5.14 Å². The second-order valence-corrected chi connectivity index (χ2v) is 10.4. The number of nitrogens with zero attached hydrogens (tertiary/aromatic N) is 3. The van der Waals surface area contributed by atoms with Crippen LogP contribution in [0.1, 0.15) is 55.3 Å². The van der Waals surface area contributed by atoms with E-state index in [4.69, 9.17) is 21.7 Å². The van der Waals surface area contributed by atoms with Crippen LogP contribution in [0.3, 0.4) is 0 Å². The molecule has 0 amide bonds. The number of aromatic nitrogens is 3. The van der Waals surface area contributed by atoms with Gasteiger partial charge in [0.25, 0.3) is 0 Å². The number of anilines is 1. The van der Waals surface area contributed by atoms with Gasteiger partial charge >= 0.3 is 0 Å². The van der Waals surface area contributed by atoms with Crippen LogP contribution < -0.4 is 10.5 Å². The van der Waals surface area contributed by atoms with Crippen LogP contribution in [0.15, 0.2) is 35.4 Å². The number of primary sulfonamides is 1. The maximum atomic E-state index is 11.5. The molecule has 0 aliphatic heterocycles. The van der Waals surface area contributed by atoms with Crippen molar-refractivity contribution in [3.8, 4) is 0 Å². The fourth-order valence-corrected chi connectivity index (χ4v) is 5.78. The summed E-state index contributed by atoms with van der Waals surface area (Å²) in [7, 11) is -3.70. The van der Waals surface area contributed by atoms with Crippen LogP contribution in [0.2, 0.25) is 5.02 Å². The summed E-state index contributed by atoms with van der Waals surface area (Å²) in [6, 6.07) is 6.60. The van der Waals surface area contributed by atoms with Gasteiger partial charge in [0.15, 0.2) is 5.65 Å². The first kappa shape index (κ1) is 19.8. The third kappa shape index (κ3) is 3.27. The average Bonchev–Trinajstić information content (AvgIpc) is 3.33. The van der Waals surface area contributed by atoms with Crippen LogP contribution >= 0.6 is 11.6 Å². The molecule has 2 heterocycles. The number of fused-ring (bicyclic) bond motifs is 3. The predicted octanol–water partition coefficient (Wildman–Crippen LogP) is 3.79. The van der Waals surface area contributed by atoms with Gasteiger partial charge < -0.3 is 5.32 Å². The Morgan fingerprint density at radius 1 is 1.13 bits per heavy atom. The number of hydrogen-bond donors (Lipinski definition) is 2. The third-order valence-corrected chi connectivity index (χ3v) is 7.75. The Balaban J connectivity index is 1.54. The highest BCUT2D eigenvalue weighted by Gasteiger charge is 2.42. The molecule has 0 saturated heterocycles. The molecule has 1 aromatic carbocycles. The summed E-state index contributed by atoms with van der Waals surface area (Å²) in [6.07, 6.45) is 9.80. The molecule has 1 spiro atoms. The molecule has 30 heavy (non-hydrogen) atoms. The number of benzene rings is 1. The quantitative estimate of drug-likeness (QED) is 0.636. The lowest BCUT2D eigenvalue weighted by molar-refractivity contribution is 0.358. The van der Waals surface area contributed by atoms with Crippen molar-refractivity contribution in [2.45, 2.75) is 61.8 Å². The van der Waals surface area contributed by atoms with E-state index in [1.807, 2.05) is 0 Å². The van der Waals surface area contributed by atoms with Gasteiger partial charge in [-0.2, -0.15) is 9.61 Å². The number of halogens is 1. The van der Waals surface area contributed by atoms with Crippen LogP contribution in [0.5, 0.6) is 0 Å². The Labute approximate surface area is 180 Å². The zero-order valence-electron chi connectivity index (χ0n) is 16.6. The van der Waals surface area contributed by atoms with Crippen LogP contribution in [0.25, 0.3) is 5.65 Å². The van der Waals surface area contributed by atoms with Crippen LogP contribution in [0.4, 0.5) is 5.82 Å². The molecule has 0 bridgehead atoms. The Kier molecular flexibility index (Phi) is 4.76. The zero-order valence-corrected chi connectivity index (χ0v) is 18.1. The third-order valence-electron chi connectivity index (χ3n) is 6.56. The number of rotatable bonds is 4. The van der Waals surface area contributed by atoms with Crippen molar-refractivity contribution < 1.29 is 8.42 Å². The molecule has 158 valence electrons. The molecule has 9 heteroatoms. The van der Waals surface area contributed by atoms with Gasteiger partial charge in [0.1, 0.15) is 10.8 Å². The second kappa shape index (κ2) is 7.21. The monoisotopic (exact) mass is 445 g/mol. The van der Waals surface area contributed by atoms with Crippen molar-refractivity contribution in [1.29, 1.82) is 0 Å². The van der Waals surface area contributed by atoms with Gasteiger partial charge in [0.2, 0.25) is 10.0 Å². The lowest BCUT2D eigenvalue weighted by Crippen LogP contribution is -2.31. The fraction of sp³-hybridized carbons (Fsp3) is 0.429. The molecule has 0 radical (unpaired) electrons. The molecule has 2 aromatic heterocycles. The van der Waals surface area contributed by atoms with Crippen molar-refractivity contribution in [2.75, 3.05) is 5.32 Å². The molecular weight excluding hydrogens is 422 g/mol. The van der Waals surface area contributed by atoms with Crippen molar-refractivity contribution in [1.82, 2.24) is 14.6 Å². The topological polar surface area (TPSA) is 102 Å². The number of sulfonamides is 1. The van der Waals surface area contributed by atoms with Gasteiger partial charge in [-0.05, 0) is 49.8 Å². The molecule has 5 rings (SSSR count).